The molecule has 0 bridgehead atoms. The molecule has 1 heterocycles. The predicted molar refractivity (Wildman–Crippen MR) is 83.8 cm³/mol. The van der Waals surface area contributed by atoms with Gasteiger partial charge in [-0.05, 0) is 43.2 Å². The Balaban J connectivity index is 1.95. The summed E-state index contributed by atoms with van der Waals surface area (Å²) >= 11 is 0. The van der Waals surface area contributed by atoms with E-state index in [2.05, 4.69) is 0 Å². The first-order chi connectivity index (χ1) is 10.6. The van der Waals surface area contributed by atoms with Crippen LogP contribution in [0.4, 0.5) is 0 Å². The van der Waals surface area contributed by atoms with Gasteiger partial charge >= 0.3 is 5.97 Å². The van der Waals surface area contributed by atoms with Gasteiger partial charge in [-0.2, -0.15) is 0 Å². The maximum Gasteiger partial charge on any atom is 0.326 e. The van der Waals surface area contributed by atoms with Crippen LogP contribution < -0.4 is 0 Å². The number of hydrogen-bond acceptors (Lipinski definition) is 2. The molecule has 1 amide bonds. The minimum absolute atomic E-state index is 0.0979. The average Bonchev–Trinajstić information content (AvgIpc) is 2.94. The third kappa shape index (κ3) is 2.51. The summed E-state index contributed by atoms with van der Waals surface area (Å²) in [6.07, 6.45) is 5.62. The molecule has 1 aliphatic heterocycles. The van der Waals surface area contributed by atoms with Crippen LogP contribution in [0.25, 0.3) is 0 Å². The third-order valence-electron chi connectivity index (χ3n) is 5.24. The Labute approximate surface area is 131 Å². The molecule has 0 spiro atoms. The van der Waals surface area contributed by atoms with Crippen LogP contribution in [-0.4, -0.2) is 34.0 Å². The number of fused-ring (bicyclic) bond motifs is 1. The van der Waals surface area contributed by atoms with E-state index in [4.69, 9.17) is 0 Å². The lowest BCUT2D eigenvalue weighted by Gasteiger charge is -2.33. The summed E-state index contributed by atoms with van der Waals surface area (Å²) in [6, 6.07) is 7.01. The van der Waals surface area contributed by atoms with Crippen molar-refractivity contribution in [3.63, 3.8) is 0 Å². The SMILES string of the molecule is CCc1ccccc1C(=O)N1C(C(=O)O)CC2CCCCC21. The van der Waals surface area contributed by atoms with Crippen molar-refractivity contribution in [1.29, 1.82) is 0 Å². The highest BCUT2D eigenvalue weighted by molar-refractivity contribution is 5.98. The van der Waals surface area contributed by atoms with Crippen LogP contribution in [0.3, 0.4) is 0 Å². The van der Waals surface area contributed by atoms with Gasteiger partial charge in [0.1, 0.15) is 6.04 Å². The molecule has 3 rings (SSSR count). The number of carbonyl (C=O) groups is 2. The number of likely N-dealkylation sites (tertiary alicyclic amines) is 1. The average molecular weight is 301 g/mol. The molecule has 1 saturated heterocycles. The molecule has 3 unspecified atom stereocenters. The van der Waals surface area contributed by atoms with Gasteiger partial charge in [-0.1, -0.05) is 38.0 Å². The van der Waals surface area contributed by atoms with Gasteiger partial charge in [-0.25, -0.2) is 4.79 Å². The Bertz CT molecular complexity index is 583. The number of benzene rings is 1. The van der Waals surface area contributed by atoms with E-state index >= 15 is 0 Å². The van der Waals surface area contributed by atoms with E-state index in [1.165, 1.54) is 0 Å². The number of carbonyl (C=O) groups excluding carboxylic acids is 1. The fourth-order valence-electron chi connectivity index (χ4n) is 4.15. The minimum atomic E-state index is -0.864. The van der Waals surface area contributed by atoms with Crippen LogP contribution in [0.2, 0.25) is 0 Å². The Morgan fingerprint density at radius 1 is 1.23 bits per heavy atom. The summed E-state index contributed by atoms with van der Waals surface area (Å²) in [6.45, 7) is 2.02. The van der Waals surface area contributed by atoms with E-state index in [-0.39, 0.29) is 11.9 Å². The largest absolute Gasteiger partial charge is 0.480 e. The molecule has 1 saturated carbocycles. The molecule has 0 radical (unpaired) electrons. The molecule has 3 atom stereocenters. The first-order valence-corrected chi connectivity index (χ1v) is 8.26. The van der Waals surface area contributed by atoms with Crippen molar-refractivity contribution in [2.24, 2.45) is 5.92 Å². The number of amides is 1. The molecule has 1 aromatic carbocycles. The number of carboxylic acid groups (broad SMARTS) is 1. The molecule has 22 heavy (non-hydrogen) atoms. The zero-order valence-electron chi connectivity index (χ0n) is 13.0. The quantitative estimate of drug-likeness (QED) is 0.933. The molecule has 118 valence electrons. The summed E-state index contributed by atoms with van der Waals surface area (Å²) < 4.78 is 0. The molecule has 1 aliphatic carbocycles. The van der Waals surface area contributed by atoms with Crippen LogP contribution in [0.1, 0.15) is 54.9 Å². The molecule has 2 fully saturated rings. The molecule has 2 aliphatic rings. The summed E-state index contributed by atoms with van der Waals surface area (Å²) in [5.41, 5.74) is 1.67. The van der Waals surface area contributed by atoms with E-state index in [1.807, 2.05) is 31.2 Å². The highest BCUT2D eigenvalue weighted by atomic mass is 16.4. The van der Waals surface area contributed by atoms with Crippen molar-refractivity contribution in [3.8, 4) is 0 Å². The van der Waals surface area contributed by atoms with Gasteiger partial charge in [0.05, 0.1) is 0 Å². The minimum Gasteiger partial charge on any atom is -0.480 e. The topological polar surface area (TPSA) is 57.6 Å². The number of rotatable bonds is 3. The van der Waals surface area contributed by atoms with Crippen LogP contribution in [0.5, 0.6) is 0 Å². The van der Waals surface area contributed by atoms with Crippen LogP contribution in [-0.2, 0) is 11.2 Å². The van der Waals surface area contributed by atoms with Crippen LogP contribution >= 0.6 is 0 Å². The Morgan fingerprint density at radius 3 is 2.68 bits per heavy atom. The van der Waals surface area contributed by atoms with Gasteiger partial charge in [-0.15, -0.1) is 0 Å². The van der Waals surface area contributed by atoms with E-state index in [9.17, 15) is 14.7 Å². The number of aryl methyl sites for hydroxylation is 1. The van der Waals surface area contributed by atoms with Crippen LogP contribution in [0, 0.1) is 5.92 Å². The second-order valence-corrected chi connectivity index (χ2v) is 6.42. The molecule has 1 aromatic rings. The lowest BCUT2D eigenvalue weighted by atomic mass is 9.84. The van der Waals surface area contributed by atoms with Gasteiger partial charge in [-0.3, -0.25) is 4.79 Å². The second kappa shape index (κ2) is 6.11. The third-order valence-corrected chi connectivity index (χ3v) is 5.24. The molecule has 0 aromatic heterocycles. The van der Waals surface area contributed by atoms with Crippen molar-refractivity contribution >= 4 is 11.9 Å². The zero-order chi connectivity index (χ0) is 15.7. The fraction of sp³-hybridized carbons (Fsp3) is 0.556. The smallest absolute Gasteiger partial charge is 0.326 e. The highest BCUT2D eigenvalue weighted by Crippen LogP contribution is 2.40. The maximum absolute atomic E-state index is 13.1. The number of carboxylic acids is 1. The number of hydrogen-bond donors (Lipinski definition) is 1. The first-order valence-electron chi connectivity index (χ1n) is 8.26. The zero-order valence-corrected chi connectivity index (χ0v) is 13.0. The van der Waals surface area contributed by atoms with E-state index in [1.54, 1.807) is 4.90 Å². The van der Waals surface area contributed by atoms with Crippen molar-refractivity contribution < 1.29 is 14.7 Å². The van der Waals surface area contributed by atoms with Crippen molar-refractivity contribution in [2.45, 2.75) is 57.5 Å². The van der Waals surface area contributed by atoms with Crippen molar-refractivity contribution in [1.82, 2.24) is 4.90 Å². The second-order valence-electron chi connectivity index (χ2n) is 6.42. The summed E-state index contributed by atoms with van der Waals surface area (Å²) in [5, 5.41) is 9.56. The lowest BCUT2D eigenvalue weighted by Crippen LogP contribution is -2.46. The molecule has 4 nitrogen and oxygen atoms in total. The summed E-state index contributed by atoms with van der Waals surface area (Å²) in [5.74, 6) is -0.608. The molecular formula is C18H23NO3. The standard InChI is InChI=1S/C18H23NO3/c1-2-12-7-3-5-9-14(12)17(20)19-15-10-6-4-8-13(15)11-16(19)18(21)22/h3,5,7,9,13,15-16H,2,4,6,8,10-11H2,1H3,(H,21,22). The monoisotopic (exact) mass is 301 g/mol. The normalized spacial score (nSPS) is 27.5. The summed E-state index contributed by atoms with van der Waals surface area (Å²) in [7, 11) is 0. The Morgan fingerprint density at radius 2 is 1.95 bits per heavy atom. The molecule has 4 heteroatoms. The summed E-state index contributed by atoms with van der Waals surface area (Å²) in [4.78, 5) is 26.4. The Hall–Kier alpha value is -1.84. The lowest BCUT2D eigenvalue weighted by molar-refractivity contribution is -0.141. The van der Waals surface area contributed by atoms with E-state index in [0.29, 0.717) is 17.9 Å². The van der Waals surface area contributed by atoms with Crippen molar-refractivity contribution in [2.75, 3.05) is 0 Å². The van der Waals surface area contributed by atoms with Gasteiger partial charge in [0.15, 0.2) is 0 Å². The predicted octanol–water partition coefficient (Wildman–Crippen LogP) is 3.11. The van der Waals surface area contributed by atoms with E-state index < -0.39 is 12.0 Å². The first kappa shape index (κ1) is 15.1. The van der Waals surface area contributed by atoms with Gasteiger partial charge in [0.2, 0.25) is 0 Å². The van der Waals surface area contributed by atoms with Crippen LogP contribution in [0.15, 0.2) is 24.3 Å². The number of nitrogens with zero attached hydrogens (tertiary/aromatic N) is 1. The number of aliphatic carboxylic acids is 1. The van der Waals surface area contributed by atoms with Crippen molar-refractivity contribution in [3.05, 3.63) is 35.4 Å². The molecule has 1 N–H and O–H groups in total. The van der Waals surface area contributed by atoms with E-state index in [0.717, 1.165) is 37.7 Å². The van der Waals surface area contributed by atoms with Gasteiger partial charge in [0, 0.05) is 11.6 Å². The maximum atomic E-state index is 13.1. The van der Waals surface area contributed by atoms with Gasteiger partial charge < -0.3 is 10.0 Å². The molecular weight excluding hydrogens is 278 g/mol. The highest BCUT2D eigenvalue weighted by Gasteiger charge is 2.47. The van der Waals surface area contributed by atoms with Gasteiger partial charge in [0.25, 0.3) is 5.91 Å². The Kier molecular flexibility index (Phi) is 4.19. The fourth-order valence-corrected chi connectivity index (χ4v) is 4.15.